The fourth-order valence-electron chi connectivity index (χ4n) is 7.40. The number of anilines is 1. The number of allylic oxidation sites excluding steroid dienone is 3. The second-order valence-corrected chi connectivity index (χ2v) is 14.2. The lowest BCUT2D eigenvalue weighted by Crippen LogP contribution is -2.34. The third kappa shape index (κ3) is 8.48. The van der Waals surface area contributed by atoms with E-state index in [-0.39, 0.29) is 38.5 Å². The number of rotatable bonds is 16. The summed E-state index contributed by atoms with van der Waals surface area (Å²) in [5, 5.41) is 1.17. The summed E-state index contributed by atoms with van der Waals surface area (Å²) >= 11 is 0. The van der Waals surface area contributed by atoms with Gasteiger partial charge < -0.3 is 23.4 Å². The summed E-state index contributed by atoms with van der Waals surface area (Å²) in [6.45, 7) is 3.44. The van der Waals surface area contributed by atoms with Crippen LogP contribution in [0.3, 0.4) is 0 Å². The van der Waals surface area contributed by atoms with Crippen LogP contribution in [0, 0.1) is 0 Å². The van der Waals surface area contributed by atoms with Crippen molar-refractivity contribution >= 4 is 69.8 Å². The summed E-state index contributed by atoms with van der Waals surface area (Å²) in [7, 11) is 0. The number of hydrogen-bond acceptors (Lipinski definition) is 13. The number of unbranched alkanes of at least 4 members (excludes halogenated alkanes) is 4. The van der Waals surface area contributed by atoms with Crippen LogP contribution in [0.15, 0.2) is 45.0 Å². The van der Waals surface area contributed by atoms with Gasteiger partial charge in [0.15, 0.2) is 11.2 Å². The predicted octanol–water partition coefficient (Wildman–Crippen LogP) is 3.75. The molecular weight excluding hydrogens is 724 g/mol. The molecule has 2 fully saturated rings. The lowest BCUT2D eigenvalue weighted by atomic mass is 9.86. The molecular formula is C40H45N6O10+. The number of fused-ring (bicyclic) bond motifs is 2. The molecule has 3 aromatic rings. The van der Waals surface area contributed by atoms with E-state index in [9.17, 15) is 28.8 Å². The second kappa shape index (κ2) is 17.3. The quantitative estimate of drug-likeness (QED) is 0.117. The predicted molar refractivity (Wildman–Crippen MR) is 197 cm³/mol. The van der Waals surface area contributed by atoms with Crippen LogP contribution in [-0.4, -0.2) is 62.2 Å². The number of pyridine rings is 1. The van der Waals surface area contributed by atoms with Crippen LogP contribution >= 0.6 is 0 Å². The Morgan fingerprint density at radius 3 is 2.09 bits per heavy atom. The maximum atomic E-state index is 12.2. The maximum Gasteiger partial charge on any atom is 0.370 e. The number of amides is 4. The van der Waals surface area contributed by atoms with Gasteiger partial charge >= 0.3 is 23.5 Å². The lowest BCUT2D eigenvalue weighted by molar-refractivity contribution is -0.673. The van der Waals surface area contributed by atoms with E-state index in [2.05, 4.69) is 6.92 Å². The van der Waals surface area contributed by atoms with Crippen LogP contribution in [0.1, 0.15) is 116 Å². The van der Waals surface area contributed by atoms with E-state index in [4.69, 9.17) is 28.5 Å². The molecule has 0 aromatic carbocycles. The molecule has 16 nitrogen and oxygen atoms in total. The van der Waals surface area contributed by atoms with Gasteiger partial charge in [-0.05, 0) is 87.6 Å². The molecule has 4 amide bonds. The highest BCUT2D eigenvalue weighted by Crippen LogP contribution is 2.38. The standard InChI is InChI=1S/C40H45N6O10/c1-2-26-27(39-41-37-29(53-39)14-10-24-43(37)22-7-3-5-16-35(51)55-45-31(47)18-19-32(45)48)12-9-13-28(26)40-42-38-30(54-40)15-11-25-44(38)23-8-4-6-17-36(52)56-46-33(49)20-21-34(46)50/h10-11,14-15,24-25H,2-9,12-13,16-23H2,1H3/q+1. The molecule has 0 atom stereocenters. The number of nitrogens with zero attached hydrogens (tertiary/aromatic N) is 6. The molecule has 1 aliphatic carbocycles. The zero-order valence-corrected chi connectivity index (χ0v) is 31.5. The van der Waals surface area contributed by atoms with Crippen molar-refractivity contribution in [3.63, 3.8) is 0 Å². The van der Waals surface area contributed by atoms with Gasteiger partial charge in [-0.1, -0.05) is 13.3 Å². The Hall–Kier alpha value is -5.93. The summed E-state index contributed by atoms with van der Waals surface area (Å²) in [5.41, 5.74) is 5.86. The number of carbonyl (C=O) groups excluding carboxylic acids is 6. The van der Waals surface area contributed by atoms with Gasteiger partial charge in [0.25, 0.3) is 23.6 Å². The molecule has 2 saturated heterocycles. The molecule has 0 bridgehead atoms. The summed E-state index contributed by atoms with van der Waals surface area (Å²) < 4.78 is 14.8. The molecule has 0 radical (unpaired) electrons. The smallest absolute Gasteiger partial charge is 0.370 e. The van der Waals surface area contributed by atoms with E-state index in [1.54, 1.807) is 0 Å². The molecule has 16 heteroatoms. The van der Waals surface area contributed by atoms with E-state index in [1.807, 2.05) is 46.1 Å². The number of imide groups is 2. The fourth-order valence-corrected chi connectivity index (χ4v) is 7.40. The van der Waals surface area contributed by atoms with E-state index in [0.717, 1.165) is 79.6 Å². The Labute approximate surface area is 322 Å². The van der Waals surface area contributed by atoms with Crippen molar-refractivity contribution < 1.29 is 51.8 Å². The first-order chi connectivity index (χ1) is 27.2. The molecule has 294 valence electrons. The molecule has 0 unspecified atom stereocenters. The summed E-state index contributed by atoms with van der Waals surface area (Å²) in [6.07, 6.45) is 15.7. The van der Waals surface area contributed by atoms with Gasteiger partial charge in [0, 0.05) is 67.4 Å². The van der Waals surface area contributed by atoms with Crippen molar-refractivity contribution in [3.8, 4) is 0 Å². The SMILES string of the molecule is CCC1=C(c2nc3c(ccc[n+]3CCCCCC(=O)ON3C(=O)CCC3=O)o2)CCC/C1=c1\nc2c(o1)=CC=CN2CCCCCC(=O)ON1C(=O)CCC1=O. The number of aromatic nitrogens is 3. The van der Waals surface area contributed by atoms with Crippen molar-refractivity contribution in [2.75, 3.05) is 11.4 Å². The monoisotopic (exact) mass is 769 g/mol. The fraction of sp³-hybridized carbons (Fsp3) is 0.475. The topological polar surface area (TPSA) is 187 Å². The zero-order chi connectivity index (χ0) is 39.2. The first-order valence-electron chi connectivity index (χ1n) is 19.5. The van der Waals surface area contributed by atoms with Crippen LogP contribution < -0.4 is 20.4 Å². The van der Waals surface area contributed by atoms with Gasteiger partial charge in [0.1, 0.15) is 0 Å². The third-order valence-corrected chi connectivity index (χ3v) is 10.2. The highest BCUT2D eigenvalue weighted by Gasteiger charge is 2.34. The molecule has 6 heterocycles. The van der Waals surface area contributed by atoms with Gasteiger partial charge in [-0.3, -0.25) is 19.2 Å². The Kier molecular flexibility index (Phi) is 11.8. The highest BCUT2D eigenvalue weighted by atomic mass is 16.7. The lowest BCUT2D eigenvalue weighted by Gasteiger charge is -2.19. The van der Waals surface area contributed by atoms with Crippen molar-refractivity contribution in [1.82, 2.24) is 20.1 Å². The van der Waals surface area contributed by atoms with Gasteiger partial charge in [-0.15, -0.1) is 10.1 Å². The number of aryl methyl sites for hydroxylation is 1. The molecule has 7 rings (SSSR count). The van der Waals surface area contributed by atoms with Crippen molar-refractivity contribution in [2.24, 2.45) is 0 Å². The van der Waals surface area contributed by atoms with E-state index >= 15 is 0 Å². The molecule has 0 N–H and O–H groups in total. The van der Waals surface area contributed by atoms with Crippen LogP contribution in [0.5, 0.6) is 0 Å². The number of carbonyl (C=O) groups is 6. The second-order valence-electron chi connectivity index (χ2n) is 14.2. The Morgan fingerprint density at radius 1 is 0.786 bits per heavy atom. The van der Waals surface area contributed by atoms with Crippen molar-refractivity contribution in [3.05, 3.63) is 53.0 Å². The summed E-state index contributed by atoms with van der Waals surface area (Å²) in [5.74, 6) is -1.79. The third-order valence-electron chi connectivity index (χ3n) is 10.2. The molecule has 3 aliphatic heterocycles. The maximum absolute atomic E-state index is 12.2. The summed E-state index contributed by atoms with van der Waals surface area (Å²) in [4.78, 5) is 93.1. The zero-order valence-electron chi connectivity index (χ0n) is 31.5. The molecule has 3 aromatic heterocycles. The average molecular weight is 770 g/mol. The minimum absolute atomic E-state index is 0.0687. The van der Waals surface area contributed by atoms with Crippen LogP contribution in [-0.2, 0) is 45.0 Å². The number of hydrogen-bond donors (Lipinski definition) is 0. The molecule has 0 spiro atoms. The molecule has 0 saturated carbocycles. The molecule has 4 aliphatic rings. The highest BCUT2D eigenvalue weighted by molar-refractivity contribution is 6.02. The number of oxazole rings is 2. The van der Waals surface area contributed by atoms with Gasteiger partial charge in [0.05, 0.1) is 12.7 Å². The van der Waals surface area contributed by atoms with E-state index in [0.29, 0.717) is 58.5 Å². The first kappa shape index (κ1) is 38.3. The van der Waals surface area contributed by atoms with Crippen molar-refractivity contribution in [1.29, 1.82) is 0 Å². The van der Waals surface area contributed by atoms with E-state index < -0.39 is 35.6 Å². The normalized spacial score (nSPS) is 18.1. The minimum Gasteiger partial charge on any atom is -0.435 e. The molecule has 56 heavy (non-hydrogen) atoms. The van der Waals surface area contributed by atoms with Crippen LogP contribution in [0.2, 0.25) is 0 Å². The Balaban J connectivity index is 0.972. The largest absolute Gasteiger partial charge is 0.435 e. The first-order valence-corrected chi connectivity index (χ1v) is 19.5. The Bertz CT molecular complexity index is 2220. The van der Waals surface area contributed by atoms with Gasteiger partial charge in [-0.2, -0.15) is 4.98 Å². The minimum atomic E-state index is -0.589. The van der Waals surface area contributed by atoms with Gasteiger partial charge in [0.2, 0.25) is 11.1 Å². The summed E-state index contributed by atoms with van der Waals surface area (Å²) in [6, 6.07) is 3.83. The Morgan fingerprint density at radius 2 is 1.43 bits per heavy atom. The van der Waals surface area contributed by atoms with E-state index in [1.165, 1.54) is 0 Å². The average Bonchev–Trinajstić information content (AvgIpc) is 3.98. The van der Waals surface area contributed by atoms with Crippen LogP contribution in [0.4, 0.5) is 5.82 Å². The van der Waals surface area contributed by atoms with Crippen LogP contribution in [0.25, 0.3) is 28.5 Å². The van der Waals surface area contributed by atoms with Gasteiger partial charge in [-0.25, -0.2) is 14.2 Å². The van der Waals surface area contributed by atoms with Crippen molar-refractivity contribution in [2.45, 2.75) is 116 Å². The number of hydroxylamine groups is 4.